The summed E-state index contributed by atoms with van der Waals surface area (Å²) >= 11 is 11.1. The Morgan fingerprint density at radius 1 is 1.43 bits per heavy atom. The topological polar surface area (TPSA) is 68.3 Å². The predicted molar refractivity (Wildman–Crippen MR) is 89.6 cm³/mol. The maximum atomic E-state index is 6.12. The van der Waals surface area contributed by atoms with E-state index >= 15 is 0 Å². The van der Waals surface area contributed by atoms with Crippen LogP contribution in [0.15, 0.2) is 46.2 Å². The predicted octanol–water partition coefficient (Wildman–Crippen LogP) is 3.96. The second-order valence-corrected chi connectivity index (χ2v) is 5.52. The number of nitrogens with zero attached hydrogens (tertiary/aromatic N) is 3. The molecule has 3 rings (SSSR count). The number of furan rings is 1. The minimum absolute atomic E-state index is 0.281. The molecule has 2 aromatic heterocycles. The van der Waals surface area contributed by atoms with E-state index in [1.54, 1.807) is 18.3 Å². The number of benzene rings is 1. The molecule has 0 bridgehead atoms. The van der Waals surface area contributed by atoms with Gasteiger partial charge in [-0.2, -0.15) is 14.9 Å². The molecule has 0 aliphatic rings. The van der Waals surface area contributed by atoms with Crippen LogP contribution in [0.1, 0.15) is 17.1 Å². The maximum Gasteiger partial charge on any atom is 0.216 e. The Hall–Kier alpha value is -2.38. The van der Waals surface area contributed by atoms with Crippen LogP contribution < -0.4 is 4.74 Å². The molecular formula is C15H13ClN4O2S. The molecule has 3 aromatic rings. The smallest absolute Gasteiger partial charge is 0.216 e. The van der Waals surface area contributed by atoms with E-state index in [9.17, 15) is 0 Å². The fourth-order valence-electron chi connectivity index (χ4n) is 1.93. The molecule has 0 radical (unpaired) electrons. The highest BCUT2D eigenvalue weighted by atomic mass is 35.5. The summed E-state index contributed by atoms with van der Waals surface area (Å²) in [6, 6.07) is 9.23. The maximum absolute atomic E-state index is 6.12. The number of aryl methyl sites for hydroxylation is 1. The molecule has 1 N–H and O–H groups in total. The third-order valence-electron chi connectivity index (χ3n) is 3.05. The number of nitrogens with one attached hydrogen (secondary N) is 1. The lowest BCUT2D eigenvalue weighted by Gasteiger charge is -2.09. The van der Waals surface area contributed by atoms with Crippen LogP contribution >= 0.6 is 23.8 Å². The zero-order valence-corrected chi connectivity index (χ0v) is 13.8. The average molecular weight is 349 g/mol. The van der Waals surface area contributed by atoms with Gasteiger partial charge in [-0.1, -0.05) is 23.7 Å². The molecule has 0 spiro atoms. The SMILES string of the molecule is Cc1cccc(Cl)c1OCc1ccc(C=Nn2cn[nH]c2=S)o1. The number of hydrogen-bond donors (Lipinski definition) is 1. The molecule has 0 fully saturated rings. The Labute approximate surface area is 142 Å². The van der Waals surface area contributed by atoms with Crippen molar-refractivity contribution < 1.29 is 9.15 Å². The van der Waals surface area contributed by atoms with Crippen molar-refractivity contribution in [1.82, 2.24) is 14.9 Å². The third kappa shape index (κ3) is 3.69. The summed E-state index contributed by atoms with van der Waals surface area (Å²) in [5.41, 5.74) is 0.972. The molecule has 0 atom stereocenters. The highest BCUT2D eigenvalue weighted by Gasteiger charge is 2.07. The van der Waals surface area contributed by atoms with Crippen molar-refractivity contribution in [1.29, 1.82) is 0 Å². The Bertz CT molecular complexity index is 877. The summed E-state index contributed by atoms with van der Waals surface area (Å²) in [6.45, 7) is 2.22. The minimum atomic E-state index is 0.281. The van der Waals surface area contributed by atoms with Gasteiger partial charge in [0, 0.05) is 0 Å². The van der Waals surface area contributed by atoms with E-state index in [1.807, 2.05) is 25.1 Å². The van der Waals surface area contributed by atoms with E-state index in [1.165, 1.54) is 11.0 Å². The van der Waals surface area contributed by atoms with Crippen LogP contribution in [0.4, 0.5) is 0 Å². The normalized spacial score (nSPS) is 11.2. The first-order chi connectivity index (χ1) is 11.1. The number of aromatic nitrogens is 3. The number of rotatable bonds is 5. The van der Waals surface area contributed by atoms with Crippen molar-refractivity contribution in [3.8, 4) is 5.75 Å². The van der Waals surface area contributed by atoms with E-state index in [2.05, 4.69) is 15.3 Å². The first kappa shape index (κ1) is 15.5. The van der Waals surface area contributed by atoms with Gasteiger partial charge in [0.15, 0.2) is 0 Å². The van der Waals surface area contributed by atoms with Crippen LogP contribution in [-0.4, -0.2) is 21.1 Å². The Kier molecular flexibility index (Phi) is 4.59. The van der Waals surface area contributed by atoms with Crippen LogP contribution in [0.5, 0.6) is 5.75 Å². The molecule has 0 saturated carbocycles. The molecule has 0 aliphatic carbocycles. The lowest BCUT2D eigenvalue weighted by Crippen LogP contribution is -1.96. The molecule has 8 heteroatoms. The molecule has 2 heterocycles. The molecule has 0 unspecified atom stereocenters. The van der Waals surface area contributed by atoms with Crippen LogP contribution in [0.3, 0.4) is 0 Å². The number of hydrogen-bond acceptors (Lipinski definition) is 5. The van der Waals surface area contributed by atoms with Gasteiger partial charge in [-0.05, 0) is 42.9 Å². The standard InChI is InChI=1S/C15H13ClN4O2S/c1-10-3-2-4-13(16)14(10)21-8-12-6-5-11(22-12)7-18-20-9-17-19-15(20)23/h2-7,9H,8H2,1H3,(H,19,23). The summed E-state index contributed by atoms with van der Waals surface area (Å²) in [6.07, 6.45) is 3.03. The monoisotopic (exact) mass is 348 g/mol. The first-order valence-electron chi connectivity index (χ1n) is 6.76. The largest absolute Gasteiger partial charge is 0.484 e. The van der Waals surface area contributed by atoms with Gasteiger partial charge >= 0.3 is 0 Å². The third-order valence-corrected chi connectivity index (χ3v) is 3.63. The van der Waals surface area contributed by atoms with E-state index in [-0.39, 0.29) is 6.61 Å². The summed E-state index contributed by atoms with van der Waals surface area (Å²) in [5.74, 6) is 1.91. The van der Waals surface area contributed by atoms with Crippen LogP contribution in [0.25, 0.3) is 0 Å². The van der Waals surface area contributed by atoms with Crippen molar-refractivity contribution in [2.24, 2.45) is 5.10 Å². The molecule has 0 saturated heterocycles. The summed E-state index contributed by atoms with van der Waals surface area (Å²) in [5, 5.41) is 11.1. The van der Waals surface area contributed by atoms with Gasteiger partial charge in [0.2, 0.25) is 4.77 Å². The molecule has 1 aromatic carbocycles. The lowest BCUT2D eigenvalue weighted by molar-refractivity contribution is 0.268. The molecule has 6 nitrogen and oxygen atoms in total. The summed E-state index contributed by atoms with van der Waals surface area (Å²) in [4.78, 5) is 0. The van der Waals surface area contributed by atoms with Crippen LogP contribution in [-0.2, 0) is 6.61 Å². The number of para-hydroxylation sites is 1. The van der Waals surface area contributed by atoms with E-state index < -0.39 is 0 Å². The van der Waals surface area contributed by atoms with Crippen molar-refractivity contribution in [2.75, 3.05) is 0 Å². The lowest BCUT2D eigenvalue weighted by atomic mass is 10.2. The van der Waals surface area contributed by atoms with E-state index in [4.69, 9.17) is 33.0 Å². The highest BCUT2D eigenvalue weighted by molar-refractivity contribution is 7.71. The first-order valence-corrected chi connectivity index (χ1v) is 7.55. The molecule has 0 amide bonds. The van der Waals surface area contributed by atoms with Gasteiger partial charge in [-0.3, -0.25) is 5.10 Å². The molecule has 118 valence electrons. The van der Waals surface area contributed by atoms with Gasteiger partial charge < -0.3 is 9.15 Å². The second kappa shape index (κ2) is 6.80. The zero-order valence-electron chi connectivity index (χ0n) is 12.2. The number of halogens is 1. The van der Waals surface area contributed by atoms with Gasteiger partial charge in [-0.25, -0.2) is 0 Å². The van der Waals surface area contributed by atoms with E-state index in [0.717, 1.165) is 5.56 Å². The molecular weight excluding hydrogens is 336 g/mol. The highest BCUT2D eigenvalue weighted by Crippen LogP contribution is 2.28. The summed E-state index contributed by atoms with van der Waals surface area (Å²) in [7, 11) is 0. The quantitative estimate of drug-likeness (QED) is 0.559. The fourth-order valence-corrected chi connectivity index (χ4v) is 2.35. The van der Waals surface area contributed by atoms with Crippen molar-refractivity contribution in [2.45, 2.75) is 13.5 Å². The zero-order chi connectivity index (χ0) is 16.2. The van der Waals surface area contributed by atoms with Crippen molar-refractivity contribution >= 4 is 30.0 Å². The van der Waals surface area contributed by atoms with Gasteiger partial charge in [0.25, 0.3) is 0 Å². The van der Waals surface area contributed by atoms with Crippen LogP contribution in [0.2, 0.25) is 5.02 Å². The van der Waals surface area contributed by atoms with E-state index in [0.29, 0.717) is 27.1 Å². The molecule has 23 heavy (non-hydrogen) atoms. The minimum Gasteiger partial charge on any atom is -0.484 e. The number of H-pyrrole nitrogens is 1. The number of aromatic amines is 1. The molecule has 0 aliphatic heterocycles. The fraction of sp³-hybridized carbons (Fsp3) is 0.133. The van der Waals surface area contributed by atoms with Crippen molar-refractivity contribution in [3.63, 3.8) is 0 Å². The van der Waals surface area contributed by atoms with Gasteiger partial charge in [-0.15, -0.1) is 0 Å². The average Bonchev–Trinajstić information content (AvgIpc) is 3.14. The Morgan fingerprint density at radius 2 is 2.30 bits per heavy atom. The van der Waals surface area contributed by atoms with Gasteiger partial charge in [0.1, 0.15) is 30.2 Å². The van der Waals surface area contributed by atoms with Gasteiger partial charge in [0.05, 0.1) is 11.2 Å². The number of ether oxygens (including phenoxy) is 1. The van der Waals surface area contributed by atoms with Crippen molar-refractivity contribution in [3.05, 3.63) is 63.5 Å². The van der Waals surface area contributed by atoms with Crippen LogP contribution in [0, 0.1) is 11.7 Å². The Balaban J connectivity index is 1.67. The summed E-state index contributed by atoms with van der Waals surface area (Å²) < 4.78 is 13.2. The Morgan fingerprint density at radius 3 is 3.04 bits per heavy atom. The second-order valence-electron chi connectivity index (χ2n) is 4.73.